The van der Waals surface area contributed by atoms with Gasteiger partial charge in [-0.2, -0.15) is 0 Å². The predicted octanol–water partition coefficient (Wildman–Crippen LogP) is 1.91. The molecule has 2 aliphatic heterocycles. The maximum atomic E-state index is 13.3. The van der Waals surface area contributed by atoms with E-state index in [1.165, 1.54) is 0 Å². The third-order valence-electron chi connectivity index (χ3n) is 5.43. The van der Waals surface area contributed by atoms with Crippen molar-refractivity contribution in [3.8, 4) is 0 Å². The summed E-state index contributed by atoms with van der Waals surface area (Å²) in [6, 6.07) is 0. The summed E-state index contributed by atoms with van der Waals surface area (Å²) >= 11 is 0. The molecule has 0 bridgehead atoms. The molecule has 9 heteroatoms. The molecule has 0 aliphatic carbocycles. The maximum Gasteiger partial charge on any atom is 0.251 e. The minimum atomic E-state index is -2.62. The lowest BCUT2D eigenvalue weighted by atomic mass is 9.94. The number of amides is 1. The zero-order chi connectivity index (χ0) is 18.3. The molecule has 0 spiro atoms. The number of carbonyl (C=O) groups excluding carboxylic acids is 1. The number of piperidine rings is 2. The van der Waals surface area contributed by atoms with E-state index >= 15 is 0 Å². The molecule has 2 fully saturated rings. The molecule has 140 valence electrons. The van der Waals surface area contributed by atoms with Crippen molar-refractivity contribution in [2.75, 3.05) is 31.1 Å². The Morgan fingerprint density at radius 1 is 1.15 bits per heavy atom. The van der Waals surface area contributed by atoms with Gasteiger partial charge < -0.3 is 9.80 Å². The van der Waals surface area contributed by atoms with Gasteiger partial charge in [-0.1, -0.05) is 0 Å². The van der Waals surface area contributed by atoms with Crippen LogP contribution in [0.5, 0.6) is 0 Å². The van der Waals surface area contributed by atoms with Crippen molar-refractivity contribution in [3.63, 3.8) is 0 Å². The van der Waals surface area contributed by atoms with E-state index < -0.39 is 5.92 Å². The molecule has 7 nitrogen and oxygen atoms in total. The average molecular weight is 364 g/mol. The monoisotopic (exact) mass is 364 g/mol. The van der Waals surface area contributed by atoms with Crippen molar-refractivity contribution in [2.24, 2.45) is 5.92 Å². The number of hydrogen-bond donors (Lipinski definition) is 0. The number of alkyl halides is 2. The van der Waals surface area contributed by atoms with Gasteiger partial charge in [0, 0.05) is 57.3 Å². The van der Waals surface area contributed by atoms with Gasteiger partial charge in [0.15, 0.2) is 5.82 Å². The van der Waals surface area contributed by atoms with Gasteiger partial charge in [-0.25, -0.2) is 13.8 Å². The molecule has 0 aromatic carbocycles. The number of carbonyl (C=O) groups is 1. The molecule has 2 saturated heterocycles. The first-order chi connectivity index (χ1) is 12.4. The molecule has 0 N–H and O–H groups in total. The Bertz CT molecular complexity index is 805. The molecular weight excluding hydrogens is 342 g/mol. The van der Waals surface area contributed by atoms with Crippen molar-refractivity contribution < 1.29 is 13.6 Å². The summed E-state index contributed by atoms with van der Waals surface area (Å²) in [4.78, 5) is 20.8. The van der Waals surface area contributed by atoms with Gasteiger partial charge in [-0.05, 0) is 19.8 Å². The summed E-state index contributed by atoms with van der Waals surface area (Å²) in [6.45, 7) is 3.59. The van der Waals surface area contributed by atoms with Crippen LogP contribution in [-0.4, -0.2) is 62.5 Å². The largest absolute Gasteiger partial charge is 0.353 e. The van der Waals surface area contributed by atoms with Crippen molar-refractivity contribution in [1.29, 1.82) is 0 Å². The van der Waals surface area contributed by atoms with Crippen LogP contribution < -0.4 is 4.90 Å². The lowest BCUT2D eigenvalue weighted by Crippen LogP contribution is -2.47. The zero-order valence-electron chi connectivity index (χ0n) is 14.7. The van der Waals surface area contributed by atoms with Gasteiger partial charge >= 0.3 is 0 Å². The van der Waals surface area contributed by atoms with Crippen LogP contribution in [0, 0.1) is 12.8 Å². The van der Waals surface area contributed by atoms with Crippen LogP contribution in [0.2, 0.25) is 0 Å². The number of nitrogens with zero attached hydrogens (tertiary/aromatic N) is 6. The quantitative estimate of drug-likeness (QED) is 0.814. The molecule has 0 atom stereocenters. The molecule has 0 unspecified atom stereocenters. The van der Waals surface area contributed by atoms with Crippen LogP contribution in [0.25, 0.3) is 5.65 Å². The van der Waals surface area contributed by atoms with E-state index in [1.807, 2.05) is 17.5 Å². The van der Waals surface area contributed by atoms with Crippen LogP contribution in [0.15, 0.2) is 12.4 Å². The molecule has 4 heterocycles. The van der Waals surface area contributed by atoms with Crippen LogP contribution in [0.3, 0.4) is 0 Å². The van der Waals surface area contributed by atoms with Crippen LogP contribution >= 0.6 is 0 Å². The molecule has 2 aromatic heterocycles. The number of aromatic nitrogens is 4. The fourth-order valence-corrected chi connectivity index (χ4v) is 3.80. The molecule has 4 rings (SSSR count). The number of rotatable bonds is 2. The Hall–Kier alpha value is -2.32. The molecular formula is C17H22F2N6O. The standard InChI is InChI=1S/C17H22F2N6O/c1-12-21-22-15-14(20-6-11-25(12)15)23-7-2-13(3-8-23)16(26)24-9-4-17(18,19)5-10-24/h6,11,13H,2-5,7-10H2,1H3. The Kier molecular flexibility index (Phi) is 4.24. The highest BCUT2D eigenvalue weighted by Gasteiger charge is 2.38. The highest BCUT2D eigenvalue weighted by Crippen LogP contribution is 2.30. The molecule has 2 aromatic rings. The number of aryl methyl sites for hydroxylation is 1. The minimum Gasteiger partial charge on any atom is -0.353 e. The predicted molar refractivity (Wildman–Crippen MR) is 91.2 cm³/mol. The average Bonchev–Trinajstić information content (AvgIpc) is 3.03. The van der Waals surface area contributed by atoms with E-state index in [2.05, 4.69) is 20.1 Å². The summed E-state index contributed by atoms with van der Waals surface area (Å²) in [5, 5.41) is 8.29. The normalized spacial score (nSPS) is 21.3. The first-order valence-corrected chi connectivity index (χ1v) is 9.02. The van der Waals surface area contributed by atoms with Gasteiger partial charge in [0.25, 0.3) is 5.92 Å². The van der Waals surface area contributed by atoms with E-state index in [0.29, 0.717) is 31.6 Å². The zero-order valence-corrected chi connectivity index (χ0v) is 14.7. The topological polar surface area (TPSA) is 66.6 Å². The first-order valence-electron chi connectivity index (χ1n) is 9.02. The van der Waals surface area contributed by atoms with Crippen LogP contribution in [0.1, 0.15) is 31.5 Å². The summed E-state index contributed by atoms with van der Waals surface area (Å²) in [5.41, 5.74) is 0.716. The van der Waals surface area contributed by atoms with Crippen molar-refractivity contribution in [1.82, 2.24) is 24.5 Å². The summed E-state index contributed by atoms with van der Waals surface area (Å²) in [7, 11) is 0. The second-order valence-electron chi connectivity index (χ2n) is 7.13. The number of fused-ring (bicyclic) bond motifs is 1. The first kappa shape index (κ1) is 17.1. The summed E-state index contributed by atoms with van der Waals surface area (Å²) < 4.78 is 28.5. The number of likely N-dealkylation sites (tertiary alicyclic amines) is 1. The Labute approximate surface area is 150 Å². The summed E-state index contributed by atoms with van der Waals surface area (Å²) in [5.74, 6) is -1.13. The third-order valence-corrected chi connectivity index (χ3v) is 5.43. The van der Waals surface area contributed by atoms with E-state index in [4.69, 9.17) is 0 Å². The van der Waals surface area contributed by atoms with E-state index in [9.17, 15) is 13.6 Å². The van der Waals surface area contributed by atoms with Crippen molar-refractivity contribution in [3.05, 3.63) is 18.2 Å². The second-order valence-corrected chi connectivity index (χ2v) is 7.13. The minimum absolute atomic E-state index is 0.0182. The molecule has 26 heavy (non-hydrogen) atoms. The maximum absolute atomic E-state index is 13.3. The van der Waals surface area contributed by atoms with E-state index in [-0.39, 0.29) is 37.8 Å². The van der Waals surface area contributed by atoms with Gasteiger partial charge in [-0.3, -0.25) is 9.20 Å². The Morgan fingerprint density at radius 2 is 1.85 bits per heavy atom. The second kappa shape index (κ2) is 6.44. The Morgan fingerprint density at radius 3 is 2.54 bits per heavy atom. The van der Waals surface area contributed by atoms with Gasteiger partial charge in [0.2, 0.25) is 11.6 Å². The van der Waals surface area contributed by atoms with Crippen molar-refractivity contribution in [2.45, 2.75) is 38.5 Å². The number of hydrogen-bond acceptors (Lipinski definition) is 5. The van der Waals surface area contributed by atoms with Gasteiger partial charge in [0.05, 0.1) is 0 Å². The number of halogens is 2. The van der Waals surface area contributed by atoms with Gasteiger partial charge in [0.1, 0.15) is 5.82 Å². The molecule has 0 radical (unpaired) electrons. The molecule has 0 saturated carbocycles. The Balaban J connectivity index is 1.40. The summed E-state index contributed by atoms with van der Waals surface area (Å²) in [6.07, 6.45) is 4.50. The molecule has 2 aliphatic rings. The fraction of sp³-hybridized carbons (Fsp3) is 0.647. The SMILES string of the molecule is Cc1nnc2c(N3CCC(C(=O)N4CCC(F)(F)CC4)CC3)nccn12. The van der Waals surface area contributed by atoms with Crippen molar-refractivity contribution >= 4 is 17.4 Å². The van der Waals surface area contributed by atoms with Crippen LogP contribution in [0.4, 0.5) is 14.6 Å². The van der Waals surface area contributed by atoms with E-state index in [1.54, 1.807) is 11.1 Å². The lowest BCUT2D eigenvalue weighted by molar-refractivity contribution is -0.142. The van der Waals surface area contributed by atoms with Crippen LogP contribution in [-0.2, 0) is 4.79 Å². The fourth-order valence-electron chi connectivity index (χ4n) is 3.80. The number of anilines is 1. The smallest absolute Gasteiger partial charge is 0.251 e. The molecule has 1 amide bonds. The highest BCUT2D eigenvalue weighted by molar-refractivity contribution is 5.79. The lowest BCUT2D eigenvalue weighted by Gasteiger charge is -2.37. The highest BCUT2D eigenvalue weighted by atomic mass is 19.3. The van der Waals surface area contributed by atoms with E-state index in [0.717, 1.165) is 11.6 Å². The third kappa shape index (κ3) is 3.10. The van der Waals surface area contributed by atoms with Gasteiger partial charge in [-0.15, -0.1) is 10.2 Å².